The van der Waals surface area contributed by atoms with Gasteiger partial charge in [-0.15, -0.1) is 5.73 Å². The van der Waals surface area contributed by atoms with Crippen LogP contribution >= 0.6 is 0 Å². The quantitative estimate of drug-likeness (QED) is 0.411. The Kier molecular flexibility index (Phi) is 7.29. The molecule has 2 aromatic carbocycles. The van der Waals surface area contributed by atoms with E-state index < -0.39 is 9.84 Å². The van der Waals surface area contributed by atoms with Gasteiger partial charge in [0.15, 0.2) is 0 Å². The highest BCUT2D eigenvalue weighted by Gasteiger charge is 2.19. The smallest absolute Gasteiger partial charge is 0.210 e. The van der Waals surface area contributed by atoms with Gasteiger partial charge in [0.05, 0.1) is 9.80 Å². The first-order valence-electron chi connectivity index (χ1n) is 8.39. The van der Waals surface area contributed by atoms with E-state index >= 15 is 0 Å². The third-order valence-electron chi connectivity index (χ3n) is 3.65. The molecule has 128 valence electrons. The number of unbranched alkanes of at least 4 members (excludes halogenated alkanes) is 2. The minimum atomic E-state index is -3.46. The molecule has 0 saturated heterocycles. The van der Waals surface area contributed by atoms with E-state index in [1.54, 1.807) is 37.3 Å². The van der Waals surface area contributed by atoms with Crippen LogP contribution in [0.1, 0.15) is 38.2 Å². The Morgan fingerprint density at radius 1 is 0.960 bits per heavy atom. The molecule has 0 aliphatic heterocycles. The van der Waals surface area contributed by atoms with Crippen LogP contribution in [-0.2, 0) is 9.84 Å². The van der Waals surface area contributed by atoms with Crippen molar-refractivity contribution in [2.45, 2.75) is 37.5 Å². The molecule has 2 nitrogen and oxygen atoms in total. The third-order valence-corrected chi connectivity index (χ3v) is 5.51. The molecule has 0 fully saturated rings. The number of benzene rings is 2. The summed E-state index contributed by atoms with van der Waals surface area (Å²) < 4.78 is 25.4. The molecule has 0 unspecified atom stereocenters. The highest BCUT2D eigenvalue weighted by atomic mass is 32.2. The lowest BCUT2D eigenvalue weighted by molar-refractivity contribution is 0.598. The van der Waals surface area contributed by atoms with Crippen molar-refractivity contribution in [1.29, 1.82) is 0 Å². The minimum absolute atomic E-state index is 0.322. The van der Waals surface area contributed by atoms with E-state index in [9.17, 15) is 8.42 Å². The van der Waals surface area contributed by atoms with Crippen LogP contribution in [-0.4, -0.2) is 8.42 Å². The molecule has 0 bridgehead atoms. The van der Waals surface area contributed by atoms with Crippen molar-refractivity contribution in [1.82, 2.24) is 0 Å². The number of hydrogen-bond donors (Lipinski definition) is 0. The molecule has 0 saturated carbocycles. The summed E-state index contributed by atoms with van der Waals surface area (Å²) in [5.41, 5.74) is 3.91. The SMILES string of the molecule is CC=C=C(CCCCC#Cc1ccccc1)S(=O)(=O)c1ccccc1. The van der Waals surface area contributed by atoms with Gasteiger partial charge in [-0.25, -0.2) is 8.42 Å². The van der Waals surface area contributed by atoms with E-state index in [1.165, 1.54) is 0 Å². The molecule has 2 aromatic rings. The maximum absolute atomic E-state index is 12.7. The number of rotatable bonds is 6. The van der Waals surface area contributed by atoms with Gasteiger partial charge in [-0.2, -0.15) is 0 Å². The van der Waals surface area contributed by atoms with Crippen LogP contribution < -0.4 is 0 Å². The van der Waals surface area contributed by atoms with Crippen LogP contribution in [0.25, 0.3) is 0 Å². The predicted octanol–water partition coefficient (Wildman–Crippen LogP) is 5.13. The Bertz CT molecular complexity index is 893. The zero-order valence-corrected chi connectivity index (χ0v) is 15.2. The van der Waals surface area contributed by atoms with E-state index in [4.69, 9.17) is 0 Å². The number of hydrogen-bond acceptors (Lipinski definition) is 2. The maximum Gasteiger partial charge on any atom is 0.210 e. The Hall–Kier alpha value is -2.53. The fourth-order valence-electron chi connectivity index (χ4n) is 2.37. The topological polar surface area (TPSA) is 34.1 Å². The van der Waals surface area contributed by atoms with Gasteiger partial charge >= 0.3 is 0 Å². The summed E-state index contributed by atoms with van der Waals surface area (Å²) in [6, 6.07) is 18.4. The van der Waals surface area contributed by atoms with Crippen LogP contribution in [0, 0.1) is 11.8 Å². The van der Waals surface area contributed by atoms with E-state index in [2.05, 4.69) is 17.6 Å². The highest BCUT2D eigenvalue weighted by molar-refractivity contribution is 7.95. The molecule has 0 aliphatic rings. The lowest BCUT2D eigenvalue weighted by Crippen LogP contribution is -2.04. The monoisotopic (exact) mass is 350 g/mol. The molecule has 25 heavy (non-hydrogen) atoms. The van der Waals surface area contributed by atoms with E-state index in [0.29, 0.717) is 16.2 Å². The first kappa shape index (κ1) is 18.8. The van der Waals surface area contributed by atoms with Crippen LogP contribution in [0.4, 0.5) is 0 Å². The zero-order chi connectivity index (χ0) is 18.0. The molecule has 0 aliphatic carbocycles. The highest BCUT2D eigenvalue weighted by Crippen LogP contribution is 2.22. The lowest BCUT2D eigenvalue weighted by Gasteiger charge is -2.06. The van der Waals surface area contributed by atoms with Gasteiger partial charge in [0.2, 0.25) is 9.84 Å². The van der Waals surface area contributed by atoms with Crippen molar-refractivity contribution >= 4 is 9.84 Å². The third kappa shape index (κ3) is 5.80. The largest absolute Gasteiger partial charge is 0.218 e. The van der Waals surface area contributed by atoms with Crippen LogP contribution in [0.15, 0.2) is 82.3 Å². The Morgan fingerprint density at radius 2 is 1.60 bits per heavy atom. The summed E-state index contributed by atoms with van der Waals surface area (Å²) in [6.07, 6.45) is 4.52. The molecule has 0 spiro atoms. The van der Waals surface area contributed by atoms with Gasteiger partial charge in [0.1, 0.15) is 0 Å². The number of sulfone groups is 1. The van der Waals surface area contributed by atoms with Gasteiger partial charge in [0.25, 0.3) is 0 Å². The summed E-state index contributed by atoms with van der Waals surface area (Å²) >= 11 is 0. The fourth-order valence-corrected chi connectivity index (χ4v) is 3.86. The first-order valence-corrected chi connectivity index (χ1v) is 9.87. The Labute approximate surface area is 150 Å². The second-order valence-corrected chi connectivity index (χ2v) is 7.52. The molecular weight excluding hydrogens is 328 g/mol. The molecule has 0 heterocycles. The summed E-state index contributed by atoms with van der Waals surface area (Å²) in [7, 11) is -3.46. The van der Waals surface area contributed by atoms with Crippen molar-refractivity contribution in [2.24, 2.45) is 0 Å². The standard InChI is InChI=1S/C22H22O2S/c1-2-13-21(25(23,24)22-18-11-6-12-19-22)17-10-4-3-7-14-20-15-8-5-9-16-20/h2,5-6,8-9,11-12,15-16,18-19H,3-4,10,17H2,1H3. The molecule has 3 heteroatoms. The molecule has 2 rings (SSSR count). The van der Waals surface area contributed by atoms with Gasteiger partial charge < -0.3 is 0 Å². The Balaban J connectivity index is 1.93. The minimum Gasteiger partial charge on any atom is -0.218 e. The summed E-state index contributed by atoms with van der Waals surface area (Å²) in [6.45, 7) is 1.78. The summed E-state index contributed by atoms with van der Waals surface area (Å²) in [4.78, 5) is 0.667. The van der Waals surface area contributed by atoms with E-state index in [-0.39, 0.29) is 0 Å². The van der Waals surface area contributed by atoms with Gasteiger partial charge in [0, 0.05) is 12.0 Å². The van der Waals surface area contributed by atoms with Gasteiger partial charge in [-0.05, 0) is 56.5 Å². The van der Waals surface area contributed by atoms with Crippen molar-refractivity contribution < 1.29 is 8.42 Å². The normalized spacial score (nSPS) is 10.3. The summed E-state index contributed by atoms with van der Waals surface area (Å²) in [5, 5.41) is 0. The predicted molar refractivity (Wildman–Crippen MR) is 103 cm³/mol. The Morgan fingerprint density at radius 3 is 2.24 bits per heavy atom. The fraction of sp³-hybridized carbons (Fsp3) is 0.227. The zero-order valence-electron chi connectivity index (χ0n) is 14.4. The number of allylic oxidation sites excluding steroid dienone is 1. The van der Waals surface area contributed by atoms with Crippen molar-refractivity contribution in [3.63, 3.8) is 0 Å². The van der Waals surface area contributed by atoms with Crippen molar-refractivity contribution in [3.8, 4) is 11.8 Å². The van der Waals surface area contributed by atoms with Crippen molar-refractivity contribution in [3.05, 3.63) is 82.9 Å². The van der Waals surface area contributed by atoms with E-state index in [0.717, 1.165) is 24.8 Å². The van der Waals surface area contributed by atoms with Crippen LogP contribution in [0.3, 0.4) is 0 Å². The first-order chi connectivity index (χ1) is 12.1. The second-order valence-electron chi connectivity index (χ2n) is 5.55. The molecule has 0 radical (unpaired) electrons. The summed E-state index contributed by atoms with van der Waals surface area (Å²) in [5.74, 6) is 6.26. The maximum atomic E-state index is 12.7. The van der Waals surface area contributed by atoms with Gasteiger partial charge in [-0.1, -0.05) is 48.2 Å². The molecule has 0 amide bonds. The van der Waals surface area contributed by atoms with Crippen LogP contribution in [0.5, 0.6) is 0 Å². The van der Waals surface area contributed by atoms with Crippen molar-refractivity contribution in [2.75, 3.05) is 0 Å². The molecule has 0 atom stereocenters. The second kappa shape index (κ2) is 9.69. The van der Waals surface area contributed by atoms with E-state index in [1.807, 2.05) is 36.4 Å². The van der Waals surface area contributed by atoms with Crippen LogP contribution in [0.2, 0.25) is 0 Å². The average molecular weight is 350 g/mol. The molecular formula is C22H22O2S. The molecule has 0 N–H and O–H groups in total. The molecule has 0 aromatic heterocycles. The van der Waals surface area contributed by atoms with Gasteiger partial charge in [-0.3, -0.25) is 0 Å². The lowest BCUT2D eigenvalue weighted by atomic mass is 10.1. The average Bonchev–Trinajstić information content (AvgIpc) is 2.65.